The van der Waals surface area contributed by atoms with Crippen LogP contribution in [0.4, 0.5) is 5.69 Å². The fourth-order valence-electron chi connectivity index (χ4n) is 2.23. The van der Waals surface area contributed by atoms with Crippen LogP contribution >= 0.6 is 0 Å². The monoisotopic (exact) mass is 235 g/mol. The third-order valence-corrected chi connectivity index (χ3v) is 3.70. The maximum atomic E-state index is 10.4. The highest BCUT2D eigenvalue weighted by Crippen LogP contribution is 2.29. The molecule has 0 atom stereocenters. The number of aliphatic hydroxyl groups is 1. The van der Waals surface area contributed by atoms with Crippen molar-refractivity contribution in [1.82, 2.24) is 0 Å². The molecule has 1 aromatic carbocycles. The summed E-state index contributed by atoms with van der Waals surface area (Å²) < 4.78 is 0. The Morgan fingerprint density at radius 3 is 1.76 bits per heavy atom. The third-order valence-electron chi connectivity index (χ3n) is 3.70. The van der Waals surface area contributed by atoms with Crippen molar-refractivity contribution >= 4 is 5.69 Å². The van der Waals surface area contributed by atoms with Crippen LogP contribution in [-0.4, -0.2) is 18.2 Å². The molecule has 96 valence electrons. The summed E-state index contributed by atoms with van der Waals surface area (Å²) in [6, 6.07) is 8.33. The number of hydrogen-bond donors (Lipinski definition) is 1. The van der Waals surface area contributed by atoms with E-state index in [4.69, 9.17) is 0 Å². The highest BCUT2D eigenvalue weighted by molar-refractivity contribution is 5.48. The first-order valence-electron chi connectivity index (χ1n) is 6.69. The van der Waals surface area contributed by atoms with Crippen LogP contribution in [0.25, 0.3) is 0 Å². The molecule has 0 aliphatic heterocycles. The maximum Gasteiger partial charge on any atom is 0.0891 e. The van der Waals surface area contributed by atoms with Gasteiger partial charge in [-0.25, -0.2) is 0 Å². The first-order chi connectivity index (χ1) is 8.11. The molecule has 0 saturated heterocycles. The highest BCUT2D eigenvalue weighted by Gasteiger charge is 2.24. The zero-order valence-electron chi connectivity index (χ0n) is 11.5. The van der Waals surface area contributed by atoms with E-state index < -0.39 is 5.60 Å². The standard InChI is InChI=1S/C15H25NO/c1-5-15(17,6-2)13-9-11-14(12-10-13)16(7-3)8-4/h9-12,17H,5-8H2,1-4H3. The van der Waals surface area contributed by atoms with Gasteiger partial charge in [-0.15, -0.1) is 0 Å². The van der Waals surface area contributed by atoms with E-state index in [0.717, 1.165) is 31.5 Å². The van der Waals surface area contributed by atoms with Gasteiger partial charge < -0.3 is 10.0 Å². The summed E-state index contributed by atoms with van der Waals surface area (Å²) in [5.41, 5.74) is 1.59. The molecule has 17 heavy (non-hydrogen) atoms. The molecule has 0 amide bonds. The van der Waals surface area contributed by atoms with Gasteiger partial charge in [0, 0.05) is 18.8 Å². The molecule has 0 aliphatic rings. The van der Waals surface area contributed by atoms with Gasteiger partial charge in [-0.2, -0.15) is 0 Å². The van der Waals surface area contributed by atoms with Gasteiger partial charge in [0.25, 0.3) is 0 Å². The molecule has 0 saturated carbocycles. The van der Waals surface area contributed by atoms with Crippen LogP contribution in [-0.2, 0) is 5.60 Å². The minimum Gasteiger partial charge on any atom is -0.385 e. The maximum absolute atomic E-state index is 10.4. The zero-order valence-corrected chi connectivity index (χ0v) is 11.5. The van der Waals surface area contributed by atoms with Crippen LogP contribution < -0.4 is 4.90 Å². The Balaban J connectivity index is 2.94. The fourth-order valence-corrected chi connectivity index (χ4v) is 2.23. The largest absolute Gasteiger partial charge is 0.385 e. The van der Waals surface area contributed by atoms with Gasteiger partial charge in [0.15, 0.2) is 0 Å². The summed E-state index contributed by atoms with van der Waals surface area (Å²) in [4.78, 5) is 2.31. The van der Waals surface area contributed by atoms with E-state index in [1.54, 1.807) is 0 Å². The first-order valence-corrected chi connectivity index (χ1v) is 6.69. The molecule has 0 heterocycles. The molecule has 0 aromatic heterocycles. The summed E-state index contributed by atoms with van der Waals surface area (Å²) in [5, 5.41) is 10.4. The molecule has 1 aromatic rings. The van der Waals surface area contributed by atoms with Crippen molar-refractivity contribution in [2.24, 2.45) is 0 Å². The summed E-state index contributed by atoms with van der Waals surface area (Å²) in [6.07, 6.45) is 1.52. The van der Waals surface area contributed by atoms with Crippen LogP contribution in [0.2, 0.25) is 0 Å². The minimum atomic E-state index is -0.665. The number of rotatable bonds is 6. The van der Waals surface area contributed by atoms with Crippen LogP contribution in [0.15, 0.2) is 24.3 Å². The van der Waals surface area contributed by atoms with E-state index in [2.05, 4.69) is 43.0 Å². The molecular weight excluding hydrogens is 210 g/mol. The quantitative estimate of drug-likeness (QED) is 0.815. The van der Waals surface area contributed by atoms with Crippen molar-refractivity contribution in [3.05, 3.63) is 29.8 Å². The van der Waals surface area contributed by atoms with Crippen LogP contribution in [0.5, 0.6) is 0 Å². The van der Waals surface area contributed by atoms with Crippen molar-refractivity contribution in [3.63, 3.8) is 0 Å². The van der Waals surface area contributed by atoms with E-state index >= 15 is 0 Å². The van der Waals surface area contributed by atoms with Gasteiger partial charge in [-0.3, -0.25) is 0 Å². The lowest BCUT2D eigenvalue weighted by Crippen LogP contribution is -2.24. The fraction of sp³-hybridized carbons (Fsp3) is 0.600. The van der Waals surface area contributed by atoms with E-state index in [0.29, 0.717) is 0 Å². The average molecular weight is 235 g/mol. The Morgan fingerprint density at radius 2 is 1.41 bits per heavy atom. The predicted octanol–water partition coefficient (Wildman–Crippen LogP) is 3.54. The van der Waals surface area contributed by atoms with Gasteiger partial charge in [-0.1, -0.05) is 26.0 Å². The second kappa shape index (κ2) is 6.06. The lowest BCUT2D eigenvalue weighted by atomic mass is 9.88. The second-order valence-electron chi connectivity index (χ2n) is 4.46. The molecule has 0 radical (unpaired) electrons. The van der Waals surface area contributed by atoms with Gasteiger partial charge in [0.2, 0.25) is 0 Å². The Hall–Kier alpha value is -1.02. The van der Waals surface area contributed by atoms with Crippen molar-refractivity contribution in [2.45, 2.75) is 46.1 Å². The summed E-state index contributed by atoms with van der Waals surface area (Å²) in [6.45, 7) is 10.4. The highest BCUT2D eigenvalue weighted by atomic mass is 16.3. The molecule has 2 nitrogen and oxygen atoms in total. The SMILES string of the molecule is CCN(CC)c1ccc(C(O)(CC)CC)cc1. The molecule has 0 spiro atoms. The number of nitrogens with zero attached hydrogens (tertiary/aromatic N) is 1. The van der Waals surface area contributed by atoms with Crippen molar-refractivity contribution < 1.29 is 5.11 Å². The number of anilines is 1. The molecule has 1 N–H and O–H groups in total. The normalized spacial score (nSPS) is 11.6. The zero-order chi connectivity index (χ0) is 12.9. The third kappa shape index (κ3) is 3.01. The molecule has 0 fully saturated rings. The Kier molecular flexibility index (Phi) is 5.01. The van der Waals surface area contributed by atoms with E-state index in [9.17, 15) is 5.11 Å². The van der Waals surface area contributed by atoms with E-state index in [1.165, 1.54) is 5.69 Å². The molecule has 1 rings (SSSR count). The van der Waals surface area contributed by atoms with Gasteiger partial charge in [0.1, 0.15) is 0 Å². The smallest absolute Gasteiger partial charge is 0.0891 e. The number of hydrogen-bond acceptors (Lipinski definition) is 2. The van der Waals surface area contributed by atoms with Crippen LogP contribution in [0, 0.1) is 0 Å². The molecule has 0 aliphatic carbocycles. The molecule has 0 unspecified atom stereocenters. The van der Waals surface area contributed by atoms with Gasteiger partial charge >= 0.3 is 0 Å². The summed E-state index contributed by atoms with van der Waals surface area (Å²) >= 11 is 0. The van der Waals surface area contributed by atoms with Crippen LogP contribution in [0.3, 0.4) is 0 Å². The molecule has 0 bridgehead atoms. The Labute approximate surface area is 105 Å². The second-order valence-corrected chi connectivity index (χ2v) is 4.46. The van der Waals surface area contributed by atoms with Crippen LogP contribution in [0.1, 0.15) is 46.1 Å². The average Bonchev–Trinajstić information content (AvgIpc) is 2.40. The van der Waals surface area contributed by atoms with Gasteiger partial charge in [0.05, 0.1) is 5.60 Å². The van der Waals surface area contributed by atoms with Crippen molar-refractivity contribution in [2.75, 3.05) is 18.0 Å². The summed E-state index contributed by atoms with van der Waals surface area (Å²) in [7, 11) is 0. The molecule has 2 heteroatoms. The van der Waals surface area contributed by atoms with E-state index in [1.807, 2.05) is 13.8 Å². The van der Waals surface area contributed by atoms with E-state index in [-0.39, 0.29) is 0 Å². The van der Waals surface area contributed by atoms with Gasteiger partial charge in [-0.05, 0) is 44.4 Å². The lowest BCUT2D eigenvalue weighted by molar-refractivity contribution is 0.0284. The van der Waals surface area contributed by atoms with Crippen molar-refractivity contribution in [1.29, 1.82) is 0 Å². The predicted molar refractivity (Wildman–Crippen MR) is 74.5 cm³/mol. The van der Waals surface area contributed by atoms with Crippen molar-refractivity contribution in [3.8, 4) is 0 Å². The number of benzene rings is 1. The minimum absolute atomic E-state index is 0.665. The first kappa shape index (κ1) is 14.0. The topological polar surface area (TPSA) is 23.5 Å². The lowest BCUT2D eigenvalue weighted by Gasteiger charge is -2.27. The Bertz CT molecular complexity index is 323. The molecular formula is C15H25NO. The summed E-state index contributed by atoms with van der Waals surface area (Å²) in [5.74, 6) is 0. The Morgan fingerprint density at radius 1 is 0.941 bits per heavy atom.